The fourth-order valence-electron chi connectivity index (χ4n) is 2.10. The van der Waals surface area contributed by atoms with E-state index in [-0.39, 0.29) is 18.6 Å². The van der Waals surface area contributed by atoms with Gasteiger partial charge in [-0.3, -0.25) is 0 Å². The molecule has 0 radical (unpaired) electrons. The number of hydrogen-bond acceptors (Lipinski definition) is 6. The van der Waals surface area contributed by atoms with Crippen LogP contribution in [0.15, 0.2) is 16.8 Å². The summed E-state index contributed by atoms with van der Waals surface area (Å²) in [6, 6.07) is -1.81. The number of esters is 1. The van der Waals surface area contributed by atoms with Gasteiger partial charge in [0, 0.05) is 16.9 Å². The van der Waals surface area contributed by atoms with Crippen LogP contribution in [0.4, 0.5) is 4.79 Å². The predicted molar refractivity (Wildman–Crippen MR) is 81.4 cm³/mol. The number of aliphatic hydroxyl groups is 1. The first kappa shape index (κ1) is 18.8. The summed E-state index contributed by atoms with van der Waals surface area (Å²) in [4.78, 5) is 26.4. The first-order valence-electron chi connectivity index (χ1n) is 7.27. The van der Waals surface area contributed by atoms with E-state index in [4.69, 9.17) is 15.0 Å². The molecule has 1 rings (SSSR count). The van der Waals surface area contributed by atoms with Crippen LogP contribution in [0.2, 0.25) is 0 Å². The Morgan fingerprint density at radius 2 is 2.17 bits per heavy atom. The lowest BCUT2D eigenvalue weighted by molar-refractivity contribution is -0.139. The standard InChI is InChI=1S/C14H22N4O5/c1-5-22-12(20)8-6-9(11(19)10(7-8)17-18-15)16-13(21)23-14(2,3)4/h7,9-11,19H,5-6H2,1-4H3,(H,16,21)/t9-,10-,11-/m0/s1. The minimum Gasteiger partial charge on any atom is -0.463 e. The van der Waals surface area contributed by atoms with Crippen LogP contribution in [0.1, 0.15) is 34.1 Å². The van der Waals surface area contributed by atoms with Crippen molar-refractivity contribution < 1.29 is 24.2 Å². The lowest BCUT2D eigenvalue weighted by Crippen LogP contribution is -2.51. The number of carbonyl (C=O) groups is 2. The average Bonchev–Trinajstić information content (AvgIpc) is 2.41. The number of carbonyl (C=O) groups excluding carboxylic acids is 2. The summed E-state index contributed by atoms with van der Waals surface area (Å²) in [7, 11) is 0. The van der Waals surface area contributed by atoms with Crippen molar-refractivity contribution in [2.45, 2.75) is 57.9 Å². The van der Waals surface area contributed by atoms with E-state index in [2.05, 4.69) is 15.3 Å². The van der Waals surface area contributed by atoms with Gasteiger partial charge < -0.3 is 19.9 Å². The molecule has 0 aromatic carbocycles. The Morgan fingerprint density at radius 3 is 2.70 bits per heavy atom. The van der Waals surface area contributed by atoms with Crippen molar-refractivity contribution >= 4 is 12.1 Å². The molecule has 0 saturated carbocycles. The quantitative estimate of drug-likeness (QED) is 0.352. The van der Waals surface area contributed by atoms with Gasteiger partial charge in [0.1, 0.15) is 5.60 Å². The molecule has 9 nitrogen and oxygen atoms in total. The molecule has 9 heteroatoms. The molecular formula is C14H22N4O5. The molecule has 23 heavy (non-hydrogen) atoms. The Labute approximate surface area is 134 Å². The highest BCUT2D eigenvalue weighted by Crippen LogP contribution is 2.23. The number of hydrogen-bond donors (Lipinski definition) is 2. The second-order valence-electron chi connectivity index (χ2n) is 6.06. The van der Waals surface area contributed by atoms with Crippen LogP contribution in [0.5, 0.6) is 0 Å². The first-order valence-corrected chi connectivity index (χ1v) is 7.27. The summed E-state index contributed by atoms with van der Waals surface area (Å²) in [6.45, 7) is 6.97. The molecule has 1 aliphatic carbocycles. The van der Waals surface area contributed by atoms with Gasteiger partial charge in [-0.1, -0.05) is 11.2 Å². The second-order valence-corrected chi connectivity index (χ2v) is 6.06. The van der Waals surface area contributed by atoms with Crippen molar-refractivity contribution in [1.82, 2.24) is 5.32 Å². The van der Waals surface area contributed by atoms with Crippen molar-refractivity contribution in [3.05, 3.63) is 22.1 Å². The van der Waals surface area contributed by atoms with Crippen LogP contribution in [-0.4, -0.2) is 47.6 Å². The van der Waals surface area contributed by atoms with E-state index < -0.39 is 35.9 Å². The van der Waals surface area contributed by atoms with Gasteiger partial charge in [0.25, 0.3) is 0 Å². The first-order chi connectivity index (χ1) is 10.7. The highest BCUT2D eigenvalue weighted by atomic mass is 16.6. The van der Waals surface area contributed by atoms with E-state index in [0.717, 1.165) is 0 Å². The number of amides is 1. The lowest BCUT2D eigenvalue weighted by Gasteiger charge is -2.32. The number of aliphatic hydroxyl groups excluding tert-OH is 1. The molecule has 0 aromatic rings. The van der Waals surface area contributed by atoms with Crippen LogP contribution in [0.3, 0.4) is 0 Å². The Hall–Kier alpha value is -2.25. The fourth-order valence-corrected chi connectivity index (χ4v) is 2.10. The van der Waals surface area contributed by atoms with Crippen molar-refractivity contribution in [2.75, 3.05) is 6.61 Å². The third-order valence-corrected chi connectivity index (χ3v) is 3.00. The van der Waals surface area contributed by atoms with Crippen LogP contribution in [0.25, 0.3) is 10.4 Å². The van der Waals surface area contributed by atoms with E-state index in [1.807, 2.05) is 0 Å². The maximum atomic E-state index is 11.9. The third-order valence-electron chi connectivity index (χ3n) is 3.00. The molecule has 0 saturated heterocycles. The van der Waals surface area contributed by atoms with E-state index in [9.17, 15) is 14.7 Å². The number of alkyl carbamates (subject to hydrolysis) is 1. The van der Waals surface area contributed by atoms with E-state index in [1.165, 1.54) is 6.08 Å². The molecule has 0 fully saturated rings. The van der Waals surface area contributed by atoms with Crippen molar-refractivity contribution in [2.24, 2.45) is 5.11 Å². The Bertz CT molecular complexity index is 534. The average molecular weight is 326 g/mol. The summed E-state index contributed by atoms with van der Waals surface area (Å²) >= 11 is 0. The summed E-state index contributed by atoms with van der Waals surface area (Å²) in [5.74, 6) is -0.575. The minimum atomic E-state index is -1.17. The van der Waals surface area contributed by atoms with Crippen LogP contribution in [-0.2, 0) is 14.3 Å². The number of nitrogens with zero attached hydrogens (tertiary/aromatic N) is 3. The highest BCUT2D eigenvalue weighted by Gasteiger charge is 2.35. The number of rotatable bonds is 4. The van der Waals surface area contributed by atoms with Gasteiger partial charge in [-0.05, 0) is 33.2 Å². The highest BCUT2D eigenvalue weighted by molar-refractivity contribution is 5.89. The van der Waals surface area contributed by atoms with Crippen LogP contribution < -0.4 is 5.32 Å². The van der Waals surface area contributed by atoms with E-state index >= 15 is 0 Å². The summed E-state index contributed by atoms with van der Waals surface area (Å²) in [5, 5.41) is 16.1. The normalized spacial score (nSPS) is 24.0. The minimum absolute atomic E-state index is 0.0523. The summed E-state index contributed by atoms with van der Waals surface area (Å²) in [5.41, 5.74) is 8.11. The molecule has 128 valence electrons. The molecule has 0 aromatic heterocycles. The molecule has 2 N–H and O–H groups in total. The van der Waals surface area contributed by atoms with Crippen molar-refractivity contribution in [3.8, 4) is 0 Å². The Balaban J connectivity index is 2.91. The maximum absolute atomic E-state index is 11.9. The largest absolute Gasteiger partial charge is 0.463 e. The fraction of sp³-hybridized carbons (Fsp3) is 0.714. The van der Waals surface area contributed by atoms with Gasteiger partial charge in [-0.25, -0.2) is 9.59 Å². The number of ether oxygens (including phenoxy) is 2. The van der Waals surface area contributed by atoms with Gasteiger partial charge in [-0.15, -0.1) is 0 Å². The van der Waals surface area contributed by atoms with Gasteiger partial charge in [0.05, 0.1) is 24.8 Å². The predicted octanol–water partition coefficient (Wildman–Crippen LogP) is 1.81. The van der Waals surface area contributed by atoms with Gasteiger partial charge in [0.2, 0.25) is 0 Å². The van der Waals surface area contributed by atoms with Crippen LogP contribution >= 0.6 is 0 Å². The zero-order valence-corrected chi connectivity index (χ0v) is 13.6. The van der Waals surface area contributed by atoms with Gasteiger partial charge >= 0.3 is 12.1 Å². The Morgan fingerprint density at radius 1 is 1.52 bits per heavy atom. The molecule has 3 atom stereocenters. The number of nitrogens with one attached hydrogen (secondary N) is 1. The molecule has 0 unspecified atom stereocenters. The molecule has 0 heterocycles. The SMILES string of the molecule is CCOC(=O)C1=C[C@H](N=[N+]=[N-])[C@@H](O)[C@@H](NC(=O)OC(C)(C)C)C1. The lowest BCUT2D eigenvalue weighted by atomic mass is 9.89. The zero-order chi connectivity index (χ0) is 17.6. The van der Waals surface area contributed by atoms with Gasteiger partial charge in [0.15, 0.2) is 0 Å². The summed E-state index contributed by atoms with van der Waals surface area (Å²) < 4.78 is 10.0. The molecule has 0 bridgehead atoms. The Kier molecular flexibility index (Phi) is 6.41. The van der Waals surface area contributed by atoms with Crippen molar-refractivity contribution in [1.29, 1.82) is 0 Å². The molecule has 1 aliphatic rings. The monoisotopic (exact) mass is 326 g/mol. The molecular weight excluding hydrogens is 304 g/mol. The van der Waals surface area contributed by atoms with Crippen LogP contribution in [0, 0.1) is 0 Å². The third kappa shape index (κ3) is 5.80. The maximum Gasteiger partial charge on any atom is 0.407 e. The van der Waals surface area contributed by atoms with E-state index in [1.54, 1.807) is 27.7 Å². The topological polar surface area (TPSA) is 134 Å². The second kappa shape index (κ2) is 7.85. The molecule has 0 aliphatic heterocycles. The molecule has 0 spiro atoms. The number of azide groups is 1. The zero-order valence-electron chi connectivity index (χ0n) is 13.6. The van der Waals surface area contributed by atoms with Gasteiger partial charge in [-0.2, -0.15) is 0 Å². The van der Waals surface area contributed by atoms with E-state index in [0.29, 0.717) is 0 Å². The van der Waals surface area contributed by atoms with Crippen molar-refractivity contribution in [3.63, 3.8) is 0 Å². The smallest absolute Gasteiger partial charge is 0.407 e. The summed E-state index contributed by atoms with van der Waals surface area (Å²) in [6.07, 6.45) is -0.491. The molecule has 1 amide bonds.